The van der Waals surface area contributed by atoms with Crippen molar-refractivity contribution in [2.45, 2.75) is 18.2 Å². The van der Waals surface area contributed by atoms with E-state index in [1.807, 2.05) is 11.8 Å². The molecule has 2 aliphatic heterocycles. The molecule has 0 unspecified atom stereocenters. The SMILES string of the molecule is C[C@@H]1C[C@H]1C(=O)NCC(=O)N1CCN(c2ccc(S(=O)(=O)N3CCOCC3)cn2)CC1. The number of carbonyl (C=O) groups is 2. The van der Waals surface area contributed by atoms with Crippen molar-refractivity contribution < 1.29 is 22.7 Å². The highest BCUT2D eigenvalue weighted by Gasteiger charge is 2.39. The van der Waals surface area contributed by atoms with Gasteiger partial charge in [0.15, 0.2) is 0 Å². The first-order chi connectivity index (χ1) is 14.9. The number of nitrogens with one attached hydrogen (secondary N) is 1. The molecular formula is C20H29N5O5S. The summed E-state index contributed by atoms with van der Waals surface area (Å²) >= 11 is 0. The van der Waals surface area contributed by atoms with Crippen LogP contribution in [0, 0.1) is 11.8 Å². The summed E-state index contributed by atoms with van der Waals surface area (Å²) in [6.45, 7) is 5.82. The Kier molecular flexibility index (Phi) is 6.44. The molecule has 3 fully saturated rings. The molecule has 3 aliphatic rings. The number of rotatable bonds is 6. The summed E-state index contributed by atoms with van der Waals surface area (Å²) in [7, 11) is -3.56. The van der Waals surface area contributed by atoms with Crippen molar-refractivity contribution in [3.05, 3.63) is 18.3 Å². The second-order valence-electron chi connectivity index (χ2n) is 8.27. The van der Waals surface area contributed by atoms with Crippen molar-refractivity contribution in [2.24, 2.45) is 11.8 Å². The summed E-state index contributed by atoms with van der Waals surface area (Å²) in [5.41, 5.74) is 0. The first-order valence-electron chi connectivity index (χ1n) is 10.7. The fourth-order valence-electron chi connectivity index (χ4n) is 3.93. The zero-order valence-electron chi connectivity index (χ0n) is 17.7. The normalized spacial score (nSPS) is 24.7. The lowest BCUT2D eigenvalue weighted by molar-refractivity contribution is -0.133. The van der Waals surface area contributed by atoms with Gasteiger partial charge in [-0.1, -0.05) is 6.92 Å². The smallest absolute Gasteiger partial charge is 0.244 e. The van der Waals surface area contributed by atoms with Gasteiger partial charge in [-0.3, -0.25) is 9.59 Å². The molecule has 0 bridgehead atoms. The van der Waals surface area contributed by atoms with Crippen LogP contribution < -0.4 is 10.2 Å². The molecule has 0 radical (unpaired) electrons. The van der Waals surface area contributed by atoms with Crippen LogP contribution in [0.25, 0.3) is 0 Å². The number of anilines is 1. The van der Waals surface area contributed by atoms with Gasteiger partial charge < -0.3 is 19.9 Å². The molecule has 4 rings (SSSR count). The molecule has 0 spiro atoms. The van der Waals surface area contributed by atoms with Crippen LogP contribution in [0.2, 0.25) is 0 Å². The Balaban J connectivity index is 1.27. The number of aromatic nitrogens is 1. The molecule has 170 valence electrons. The van der Waals surface area contributed by atoms with Gasteiger partial charge in [-0.05, 0) is 24.5 Å². The van der Waals surface area contributed by atoms with Gasteiger partial charge in [-0.2, -0.15) is 4.31 Å². The number of piperazine rings is 1. The van der Waals surface area contributed by atoms with E-state index in [1.165, 1.54) is 10.5 Å². The topological polar surface area (TPSA) is 112 Å². The van der Waals surface area contributed by atoms with E-state index in [9.17, 15) is 18.0 Å². The standard InChI is InChI=1S/C20H29N5O5S/c1-15-12-17(15)20(27)22-14-19(26)24-6-4-23(5-7-24)18-3-2-16(13-21-18)31(28,29)25-8-10-30-11-9-25/h2-3,13,15,17H,4-12,14H2,1H3,(H,22,27)/t15-,17-/m1/s1. The van der Waals surface area contributed by atoms with E-state index in [0.717, 1.165) is 6.42 Å². The summed E-state index contributed by atoms with van der Waals surface area (Å²) in [6, 6.07) is 3.29. The number of pyridine rings is 1. The molecule has 2 amide bonds. The average Bonchev–Trinajstić information content (AvgIpc) is 3.54. The van der Waals surface area contributed by atoms with Gasteiger partial charge in [0.05, 0.1) is 19.8 Å². The van der Waals surface area contributed by atoms with Crippen LogP contribution in [0.4, 0.5) is 5.82 Å². The van der Waals surface area contributed by atoms with Crippen LogP contribution in [0.15, 0.2) is 23.2 Å². The lowest BCUT2D eigenvalue weighted by Crippen LogP contribution is -2.51. The fourth-order valence-corrected chi connectivity index (χ4v) is 5.28. The Morgan fingerprint density at radius 3 is 2.39 bits per heavy atom. The number of carbonyl (C=O) groups excluding carboxylic acids is 2. The van der Waals surface area contributed by atoms with E-state index in [-0.39, 0.29) is 29.2 Å². The predicted molar refractivity (Wildman–Crippen MR) is 113 cm³/mol. The van der Waals surface area contributed by atoms with Crippen LogP contribution >= 0.6 is 0 Å². The molecule has 1 saturated carbocycles. The third-order valence-corrected chi connectivity index (χ3v) is 8.03. The van der Waals surface area contributed by atoms with Gasteiger partial charge in [0.1, 0.15) is 10.7 Å². The number of hydrogen-bond donors (Lipinski definition) is 1. The van der Waals surface area contributed by atoms with Crippen molar-refractivity contribution in [1.29, 1.82) is 0 Å². The third-order valence-electron chi connectivity index (χ3n) is 6.15. The molecule has 3 heterocycles. The van der Waals surface area contributed by atoms with E-state index in [2.05, 4.69) is 10.3 Å². The number of hydrogen-bond acceptors (Lipinski definition) is 7. The van der Waals surface area contributed by atoms with Crippen molar-refractivity contribution in [1.82, 2.24) is 19.5 Å². The lowest BCUT2D eigenvalue weighted by Gasteiger charge is -2.35. The summed E-state index contributed by atoms with van der Waals surface area (Å²) in [4.78, 5) is 32.6. The minimum atomic E-state index is -3.56. The van der Waals surface area contributed by atoms with E-state index in [4.69, 9.17) is 4.74 Å². The van der Waals surface area contributed by atoms with Crippen molar-refractivity contribution in [3.63, 3.8) is 0 Å². The molecule has 1 aliphatic carbocycles. The number of sulfonamides is 1. The molecule has 10 nitrogen and oxygen atoms in total. The minimum Gasteiger partial charge on any atom is -0.379 e. The van der Waals surface area contributed by atoms with E-state index in [1.54, 1.807) is 17.0 Å². The van der Waals surface area contributed by atoms with Gasteiger partial charge in [0.2, 0.25) is 21.8 Å². The Hall–Kier alpha value is -2.24. The van der Waals surface area contributed by atoms with Gasteiger partial charge in [-0.25, -0.2) is 13.4 Å². The molecule has 1 N–H and O–H groups in total. The highest BCUT2D eigenvalue weighted by Crippen LogP contribution is 2.37. The molecule has 2 atom stereocenters. The van der Waals surface area contributed by atoms with E-state index < -0.39 is 10.0 Å². The number of nitrogens with zero attached hydrogens (tertiary/aromatic N) is 4. The highest BCUT2D eigenvalue weighted by molar-refractivity contribution is 7.89. The van der Waals surface area contributed by atoms with Gasteiger partial charge in [-0.15, -0.1) is 0 Å². The molecule has 1 aromatic heterocycles. The van der Waals surface area contributed by atoms with Gasteiger partial charge >= 0.3 is 0 Å². The van der Waals surface area contributed by atoms with Crippen molar-refractivity contribution in [2.75, 3.05) is 63.9 Å². The first-order valence-corrected chi connectivity index (χ1v) is 12.1. The Bertz CT molecular complexity index is 908. The molecule has 0 aromatic carbocycles. The lowest BCUT2D eigenvalue weighted by atomic mass is 10.3. The maximum atomic E-state index is 12.7. The molecule has 31 heavy (non-hydrogen) atoms. The third kappa shape index (κ3) is 4.99. The first kappa shape index (κ1) is 22.0. The van der Waals surface area contributed by atoms with E-state index in [0.29, 0.717) is 64.2 Å². The number of morpholine rings is 1. The molecule has 1 aromatic rings. The summed E-state index contributed by atoms with van der Waals surface area (Å²) in [5, 5.41) is 2.74. The Morgan fingerprint density at radius 1 is 1.13 bits per heavy atom. The summed E-state index contributed by atoms with van der Waals surface area (Å²) in [5.74, 6) is 1.05. The number of ether oxygens (including phenoxy) is 1. The predicted octanol–water partition coefficient (Wildman–Crippen LogP) is -0.477. The van der Waals surface area contributed by atoms with Crippen LogP contribution in [-0.2, 0) is 24.3 Å². The minimum absolute atomic E-state index is 0.0317. The fraction of sp³-hybridized carbons (Fsp3) is 0.650. The van der Waals surface area contributed by atoms with Gasteiger partial charge in [0, 0.05) is 51.4 Å². The number of amides is 2. The maximum absolute atomic E-state index is 12.7. The maximum Gasteiger partial charge on any atom is 0.244 e. The second-order valence-corrected chi connectivity index (χ2v) is 10.2. The molecular weight excluding hydrogens is 422 g/mol. The molecule has 11 heteroatoms. The summed E-state index contributed by atoms with van der Waals surface area (Å²) in [6.07, 6.45) is 2.30. The van der Waals surface area contributed by atoms with Crippen LogP contribution in [0.1, 0.15) is 13.3 Å². The molecule has 2 saturated heterocycles. The zero-order chi connectivity index (χ0) is 22.0. The van der Waals surface area contributed by atoms with Crippen LogP contribution in [-0.4, -0.2) is 93.4 Å². The quantitative estimate of drug-likeness (QED) is 0.622. The Morgan fingerprint density at radius 2 is 1.81 bits per heavy atom. The van der Waals surface area contributed by atoms with Crippen molar-refractivity contribution >= 4 is 27.7 Å². The van der Waals surface area contributed by atoms with Crippen molar-refractivity contribution in [3.8, 4) is 0 Å². The largest absolute Gasteiger partial charge is 0.379 e. The van der Waals surface area contributed by atoms with Crippen LogP contribution in [0.5, 0.6) is 0 Å². The average molecular weight is 452 g/mol. The van der Waals surface area contributed by atoms with Gasteiger partial charge in [0.25, 0.3) is 0 Å². The summed E-state index contributed by atoms with van der Waals surface area (Å²) < 4.78 is 32.1. The van der Waals surface area contributed by atoms with E-state index >= 15 is 0 Å². The second kappa shape index (κ2) is 9.09. The zero-order valence-corrected chi connectivity index (χ0v) is 18.5. The van der Waals surface area contributed by atoms with Crippen LogP contribution in [0.3, 0.4) is 0 Å². The highest BCUT2D eigenvalue weighted by atomic mass is 32.2. The Labute approximate surface area is 182 Å². The monoisotopic (exact) mass is 451 g/mol.